The minimum absolute atomic E-state index is 0.132. The first-order valence-electron chi connectivity index (χ1n) is 9.05. The van der Waals surface area contributed by atoms with E-state index in [1.54, 1.807) is 12.3 Å². The fraction of sp³-hybridized carbons (Fsp3) is 0.0476. The maximum Gasteiger partial charge on any atom is 0.234 e. The molecule has 9 heteroatoms. The van der Waals surface area contributed by atoms with E-state index in [0.29, 0.717) is 22.4 Å². The van der Waals surface area contributed by atoms with Crippen LogP contribution in [0.4, 0.5) is 5.69 Å². The molecule has 0 unspecified atom stereocenters. The summed E-state index contributed by atoms with van der Waals surface area (Å²) in [6, 6.07) is 18.8. The van der Waals surface area contributed by atoms with Gasteiger partial charge in [-0.1, -0.05) is 39.8 Å². The van der Waals surface area contributed by atoms with Crippen molar-refractivity contribution in [2.75, 3.05) is 11.1 Å². The summed E-state index contributed by atoms with van der Waals surface area (Å²) in [5.41, 5.74) is 2.20. The number of fused-ring (bicyclic) bond motifs is 3. The van der Waals surface area contributed by atoms with Gasteiger partial charge in [-0.25, -0.2) is 4.98 Å². The van der Waals surface area contributed by atoms with Gasteiger partial charge in [-0.2, -0.15) is 0 Å². The van der Waals surface area contributed by atoms with Crippen LogP contribution in [0.5, 0.6) is 0 Å². The van der Waals surface area contributed by atoms with Crippen molar-refractivity contribution in [3.63, 3.8) is 0 Å². The zero-order chi connectivity index (χ0) is 20.5. The number of hydrogen-bond acceptors (Lipinski definition) is 6. The Morgan fingerprint density at radius 1 is 1.07 bits per heavy atom. The highest BCUT2D eigenvalue weighted by Crippen LogP contribution is 2.29. The first-order chi connectivity index (χ1) is 14.7. The van der Waals surface area contributed by atoms with Gasteiger partial charge in [0.2, 0.25) is 5.91 Å². The number of amides is 1. The molecule has 0 radical (unpaired) electrons. The summed E-state index contributed by atoms with van der Waals surface area (Å²) in [5.74, 6) is 1.25. The van der Waals surface area contributed by atoms with E-state index >= 15 is 0 Å². The van der Waals surface area contributed by atoms with E-state index < -0.39 is 0 Å². The van der Waals surface area contributed by atoms with E-state index in [4.69, 9.17) is 9.40 Å². The molecule has 0 fully saturated rings. The second kappa shape index (κ2) is 7.92. The fourth-order valence-corrected chi connectivity index (χ4v) is 4.08. The average Bonchev–Trinajstić information content (AvgIpc) is 3.44. The van der Waals surface area contributed by atoms with Crippen molar-refractivity contribution in [2.24, 2.45) is 0 Å². The number of benzene rings is 2. The van der Waals surface area contributed by atoms with Crippen molar-refractivity contribution < 1.29 is 9.21 Å². The summed E-state index contributed by atoms with van der Waals surface area (Å²) in [6.45, 7) is 0. The second-order valence-corrected chi connectivity index (χ2v) is 8.27. The molecular weight excluding hydrogens is 466 g/mol. The maximum atomic E-state index is 12.4. The molecule has 5 aromatic rings. The third-order valence-corrected chi connectivity index (χ3v) is 5.88. The predicted octanol–water partition coefficient (Wildman–Crippen LogP) is 5.03. The summed E-state index contributed by atoms with van der Waals surface area (Å²) in [5, 5.41) is 13.0. The Kier molecular flexibility index (Phi) is 4.97. The predicted molar refractivity (Wildman–Crippen MR) is 119 cm³/mol. The number of anilines is 1. The van der Waals surface area contributed by atoms with Crippen LogP contribution in [0.3, 0.4) is 0 Å². The number of para-hydroxylation sites is 1. The molecule has 1 N–H and O–H groups in total. The zero-order valence-electron chi connectivity index (χ0n) is 15.4. The van der Waals surface area contributed by atoms with Gasteiger partial charge < -0.3 is 9.73 Å². The van der Waals surface area contributed by atoms with Crippen LogP contribution in [0.15, 0.2) is 81.0 Å². The molecule has 0 atom stereocenters. The number of nitrogens with one attached hydrogen (secondary N) is 1. The van der Waals surface area contributed by atoms with Crippen LogP contribution in [-0.2, 0) is 4.79 Å². The Balaban J connectivity index is 1.48. The molecule has 0 aliphatic rings. The van der Waals surface area contributed by atoms with E-state index in [0.717, 1.165) is 21.1 Å². The highest BCUT2D eigenvalue weighted by molar-refractivity contribution is 9.10. The first kappa shape index (κ1) is 18.8. The molecule has 0 aliphatic heterocycles. The number of carbonyl (C=O) groups excluding carboxylic acids is 1. The number of thioether (sulfide) groups is 1. The molecule has 148 valence electrons. The van der Waals surface area contributed by atoms with Crippen molar-refractivity contribution in [3.05, 3.63) is 71.4 Å². The number of carbonyl (C=O) groups is 1. The highest BCUT2D eigenvalue weighted by Gasteiger charge is 2.18. The van der Waals surface area contributed by atoms with Gasteiger partial charge in [0.15, 0.2) is 22.4 Å². The van der Waals surface area contributed by atoms with Crippen LogP contribution < -0.4 is 5.32 Å². The van der Waals surface area contributed by atoms with E-state index in [2.05, 4.69) is 31.4 Å². The van der Waals surface area contributed by atoms with Crippen LogP contribution in [0.1, 0.15) is 0 Å². The molecule has 3 aromatic heterocycles. The molecular formula is C21H14BrN5O2S. The number of hydrogen-bond donors (Lipinski definition) is 1. The maximum absolute atomic E-state index is 12.4. The minimum atomic E-state index is -0.132. The monoisotopic (exact) mass is 479 g/mol. The molecule has 30 heavy (non-hydrogen) atoms. The van der Waals surface area contributed by atoms with Crippen LogP contribution in [0, 0.1) is 0 Å². The third-order valence-electron chi connectivity index (χ3n) is 4.42. The normalized spacial score (nSPS) is 11.2. The van der Waals surface area contributed by atoms with Gasteiger partial charge in [-0.05, 0) is 48.5 Å². The quantitative estimate of drug-likeness (QED) is 0.355. The van der Waals surface area contributed by atoms with E-state index in [1.807, 2.05) is 59.0 Å². The first-order valence-corrected chi connectivity index (χ1v) is 10.8. The Labute approximate surface area is 183 Å². The summed E-state index contributed by atoms with van der Waals surface area (Å²) in [7, 11) is 0. The lowest BCUT2D eigenvalue weighted by Crippen LogP contribution is -2.14. The van der Waals surface area contributed by atoms with Crippen LogP contribution in [0.2, 0.25) is 0 Å². The molecule has 2 aromatic carbocycles. The molecule has 7 nitrogen and oxygen atoms in total. The lowest BCUT2D eigenvalue weighted by atomic mass is 10.2. The van der Waals surface area contributed by atoms with E-state index in [9.17, 15) is 4.79 Å². The number of aromatic nitrogens is 4. The molecule has 0 spiro atoms. The van der Waals surface area contributed by atoms with Gasteiger partial charge >= 0.3 is 0 Å². The number of halogens is 1. The van der Waals surface area contributed by atoms with Gasteiger partial charge in [0.25, 0.3) is 0 Å². The number of furan rings is 1. The molecule has 5 rings (SSSR count). The van der Waals surface area contributed by atoms with Crippen molar-refractivity contribution >= 4 is 55.8 Å². The second-order valence-electron chi connectivity index (χ2n) is 6.42. The number of rotatable bonds is 5. The summed E-state index contributed by atoms with van der Waals surface area (Å²) >= 11 is 4.68. The lowest BCUT2D eigenvalue weighted by Gasteiger charge is -2.08. The smallest absolute Gasteiger partial charge is 0.234 e. The standard InChI is InChI=1S/C21H14BrN5O2S/c22-13-7-9-14(10-8-13)23-18(28)12-30-21-26-25-19-15-4-1-2-5-16(15)24-20(27(19)21)17-6-3-11-29-17/h1-11H,12H2,(H,23,28). The van der Waals surface area contributed by atoms with Gasteiger partial charge in [-0.15, -0.1) is 10.2 Å². The Hall–Kier alpha value is -3.17. The van der Waals surface area contributed by atoms with E-state index in [-0.39, 0.29) is 11.7 Å². The lowest BCUT2D eigenvalue weighted by molar-refractivity contribution is -0.113. The van der Waals surface area contributed by atoms with Crippen molar-refractivity contribution in [2.45, 2.75) is 5.16 Å². The Morgan fingerprint density at radius 2 is 1.90 bits per heavy atom. The Morgan fingerprint density at radius 3 is 2.70 bits per heavy atom. The molecule has 3 heterocycles. The van der Waals surface area contributed by atoms with Crippen molar-refractivity contribution in [3.8, 4) is 11.6 Å². The summed E-state index contributed by atoms with van der Waals surface area (Å²) < 4.78 is 8.37. The van der Waals surface area contributed by atoms with Gasteiger partial charge in [0, 0.05) is 15.5 Å². The van der Waals surface area contributed by atoms with Gasteiger partial charge in [-0.3, -0.25) is 9.20 Å². The van der Waals surface area contributed by atoms with E-state index in [1.165, 1.54) is 11.8 Å². The van der Waals surface area contributed by atoms with Gasteiger partial charge in [0.05, 0.1) is 17.5 Å². The molecule has 0 saturated carbocycles. The largest absolute Gasteiger partial charge is 0.461 e. The molecule has 1 amide bonds. The number of nitrogens with zero attached hydrogens (tertiary/aromatic N) is 4. The molecule has 0 aliphatic carbocycles. The van der Waals surface area contributed by atoms with Gasteiger partial charge in [0.1, 0.15) is 0 Å². The SMILES string of the molecule is O=C(CSc1nnc2c3ccccc3nc(-c3ccco3)n12)Nc1ccc(Br)cc1. The topological polar surface area (TPSA) is 85.3 Å². The van der Waals surface area contributed by atoms with Crippen LogP contribution in [-0.4, -0.2) is 31.2 Å². The van der Waals surface area contributed by atoms with Crippen molar-refractivity contribution in [1.82, 2.24) is 19.6 Å². The molecule has 0 saturated heterocycles. The minimum Gasteiger partial charge on any atom is -0.461 e. The fourth-order valence-electron chi connectivity index (χ4n) is 3.08. The molecule has 0 bridgehead atoms. The van der Waals surface area contributed by atoms with Crippen LogP contribution >= 0.6 is 27.7 Å². The zero-order valence-corrected chi connectivity index (χ0v) is 17.9. The average molecular weight is 480 g/mol. The summed E-state index contributed by atoms with van der Waals surface area (Å²) in [4.78, 5) is 17.2. The third kappa shape index (κ3) is 3.57. The van der Waals surface area contributed by atoms with Crippen LogP contribution in [0.25, 0.3) is 28.1 Å². The Bertz CT molecular complexity index is 1350. The highest BCUT2D eigenvalue weighted by atomic mass is 79.9. The van der Waals surface area contributed by atoms with Crippen molar-refractivity contribution in [1.29, 1.82) is 0 Å². The summed E-state index contributed by atoms with van der Waals surface area (Å²) in [6.07, 6.45) is 1.60.